The van der Waals surface area contributed by atoms with Crippen molar-refractivity contribution >= 4 is 22.0 Å². The van der Waals surface area contributed by atoms with Crippen LogP contribution in [0.1, 0.15) is 34.1 Å². The molecule has 1 fully saturated rings. The number of amides is 1. The Bertz CT molecular complexity index is 530. The van der Waals surface area contributed by atoms with Crippen LogP contribution in [0, 0.1) is 0 Å². The van der Waals surface area contributed by atoms with Crippen molar-refractivity contribution in [3.63, 3.8) is 0 Å². The zero-order valence-corrected chi connectivity index (χ0v) is 14.4. The van der Waals surface area contributed by atoms with Crippen molar-refractivity contribution in [3.05, 3.63) is 22.9 Å². The van der Waals surface area contributed by atoms with Crippen LogP contribution in [0.2, 0.25) is 0 Å². The van der Waals surface area contributed by atoms with Crippen LogP contribution in [0.3, 0.4) is 0 Å². The maximum Gasteiger partial charge on any atom is 0.410 e. The standard InChI is InChI=1S/C15H21BrN2O3/c1-14(2,3)21-13(19)18-8-6-15(18,4)10-20-12-9-17-7-5-11(12)16/h5,7,9H,6,8,10H2,1-4H3. The van der Waals surface area contributed by atoms with Gasteiger partial charge in [0.15, 0.2) is 5.75 Å². The summed E-state index contributed by atoms with van der Waals surface area (Å²) < 4.78 is 12.1. The molecule has 21 heavy (non-hydrogen) atoms. The summed E-state index contributed by atoms with van der Waals surface area (Å²) in [5.41, 5.74) is -0.821. The zero-order chi connectivity index (χ0) is 15.7. The van der Waals surface area contributed by atoms with Crippen LogP contribution < -0.4 is 4.74 Å². The second-order valence-corrected chi connectivity index (χ2v) is 7.33. The number of pyridine rings is 1. The molecule has 0 aliphatic carbocycles. The van der Waals surface area contributed by atoms with Crippen molar-refractivity contribution < 1.29 is 14.3 Å². The Labute approximate surface area is 133 Å². The molecule has 1 aromatic heterocycles. The Morgan fingerprint density at radius 2 is 2.24 bits per heavy atom. The summed E-state index contributed by atoms with van der Waals surface area (Å²) in [7, 11) is 0. The minimum Gasteiger partial charge on any atom is -0.488 e. The average molecular weight is 357 g/mol. The molecule has 0 saturated carbocycles. The first kappa shape index (κ1) is 16.1. The van der Waals surface area contributed by atoms with Crippen molar-refractivity contribution in [2.45, 2.75) is 45.3 Å². The van der Waals surface area contributed by atoms with E-state index in [1.165, 1.54) is 0 Å². The van der Waals surface area contributed by atoms with Gasteiger partial charge in [-0.25, -0.2) is 4.79 Å². The lowest BCUT2D eigenvalue weighted by Gasteiger charge is -2.49. The molecule has 1 aliphatic rings. The van der Waals surface area contributed by atoms with Crippen molar-refractivity contribution in [3.8, 4) is 5.75 Å². The molecule has 0 aromatic carbocycles. The van der Waals surface area contributed by atoms with Gasteiger partial charge in [0.25, 0.3) is 0 Å². The van der Waals surface area contributed by atoms with Crippen LogP contribution in [0.5, 0.6) is 5.75 Å². The summed E-state index contributed by atoms with van der Waals surface area (Å²) in [6, 6.07) is 1.82. The molecule has 1 aromatic rings. The number of rotatable bonds is 3. The van der Waals surface area contributed by atoms with Gasteiger partial charge in [0.1, 0.15) is 12.2 Å². The highest BCUT2D eigenvalue weighted by Gasteiger charge is 2.46. The highest BCUT2D eigenvalue weighted by molar-refractivity contribution is 9.10. The number of halogens is 1. The van der Waals surface area contributed by atoms with E-state index in [0.717, 1.165) is 10.9 Å². The summed E-state index contributed by atoms with van der Waals surface area (Å²) in [6.07, 6.45) is 3.95. The molecule has 116 valence electrons. The first-order valence-electron chi connectivity index (χ1n) is 6.94. The molecule has 0 radical (unpaired) electrons. The van der Waals surface area contributed by atoms with E-state index >= 15 is 0 Å². The number of carbonyl (C=O) groups is 1. The van der Waals surface area contributed by atoms with Crippen LogP contribution in [0.15, 0.2) is 22.9 Å². The fourth-order valence-corrected chi connectivity index (χ4v) is 2.42. The lowest BCUT2D eigenvalue weighted by Crippen LogP contribution is -2.63. The molecule has 2 rings (SSSR count). The van der Waals surface area contributed by atoms with Gasteiger partial charge in [0.2, 0.25) is 0 Å². The van der Waals surface area contributed by atoms with E-state index in [1.807, 2.05) is 33.8 Å². The molecule has 2 heterocycles. The highest BCUT2D eigenvalue weighted by Crippen LogP contribution is 2.33. The molecule has 0 N–H and O–H groups in total. The van der Waals surface area contributed by atoms with Gasteiger partial charge in [-0.2, -0.15) is 0 Å². The zero-order valence-electron chi connectivity index (χ0n) is 12.9. The molecule has 1 aliphatic heterocycles. The highest BCUT2D eigenvalue weighted by atomic mass is 79.9. The number of hydrogen-bond donors (Lipinski definition) is 0. The third kappa shape index (κ3) is 3.87. The predicted octanol–water partition coefficient (Wildman–Crippen LogP) is 3.62. The number of nitrogens with zero attached hydrogens (tertiary/aromatic N) is 2. The van der Waals surface area contributed by atoms with Crippen LogP contribution in [-0.4, -0.2) is 40.3 Å². The summed E-state index contributed by atoms with van der Waals surface area (Å²) >= 11 is 3.42. The van der Waals surface area contributed by atoms with Gasteiger partial charge in [-0.05, 0) is 56.1 Å². The Morgan fingerprint density at radius 3 is 2.76 bits per heavy atom. The third-order valence-corrected chi connectivity index (χ3v) is 4.07. The summed E-state index contributed by atoms with van der Waals surface area (Å²) in [6.45, 7) is 8.71. The third-order valence-electron chi connectivity index (χ3n) is 3.41. The van der Waals surface area contributed by atoms with Crippen LogP contribution in [-0.2, 0) is 4.74 Å². The molecular formula is C15H21BrN2O3. The molecule has 1 unspecified atom stereocenters. The molecule has 1 amide bonds. The fourth-order valence-electron chi connectivity index (χ4n) is 2.09. The second kappa shape index (κ2) is 5.83. The smallest absolute Gasteiger partial charge is 0.410 e. The van der Waals surface area contributed by atoms with Crippen LogP contribution in [0.4, 0.5) is 4.79 Å². The SMILES string of the molecule is CC(C)(C)OC(=O)N1CCC1(C)COc1cnccc1Br. The molecule has 0 spiro atoms. The van der Waals surface area contributed by atoms with Gasteiger partial charge >= 0.3 is 6.09 Å². The van der Waals surface area contributed by atoms with E-state index in [0.29, 0.717) is 18.9 Å². The van der Waals surface area contributed by atoms with Crippen LogP contribution in [0.25, 0.3) is 0 Å². The second-order valence-electron chi connectivity index (χ2n) is 6.47. The number of ether oxygens (including phenoxy) is 2. The summed E-state index contributed by atoms with van der Waals surface area (Å²) in [5, 5.41) is 0. The average Bonchev–Trinajstić information content (AvgIpc) is 2.34. The lowest BCUT2D eigenvalue weighted by molar-refractivity contribution is -0.0534. The number of hydrogen-bond acceptors (Lipinski definition) is 4. The Hall–Kier alpha value is -1.30. The molecule has 1 atom stereocenters. The maximum atomic E-state index is 12.2. The van der Waals surface area contributed by atoms with E-state index < -0.39 is 5.60 Å². The van der Waals surface area contributed by atoms with E-state index in [4.69, 9.17) is 9.47 Å². The molecule has 0 bridgehead atoms. The Balaban J connectivity index is 1.96. The van der Waals surface area contributed by atoms with Gasteiger partial charge in [-0.15, -0.1) is 0 Å². The van der Waals surface area contributed by atoms with Gasteiger partial charge in [-0.1, -0.05) is 0 Å². The van der Waals surface area contributed by atoms with Gasteiger partial charge < -0.3 is 9.47 Å². The summed E-state index contributed by atoms with van der Waals surface area (Å²) in [4.78, 5) is 17.9. The van der Waals surface area contributed by atoms with Gasteiger partial charge in [0, 0.05) is 12.7 Å². The molecule has 1 saturated heterocycles. The van der Waals surface area contributed by atoms with Crippen molar-refractivity contribution in [1.29, 1.82) is 0 Å². The molecular weight excluding hydrogens is 336 g/mol. The number of carbonyl (C=O) groups excluding carboxylic acids is 1. The van der Waals surface area contributed by atoms with E-state index in [9.17, 15) is 4.79 Å². The minimum atomic E-state index is -0.485. The predicted molar refractivity (Wildman–Crippen MR) is 83.4 cm³/mol. The van der Waals surface area contributed by atoms with Crippen molar-refractivity contribution in [2.75, 3.05) is 13.2 Å². The lowest BCUT2D eigenvalue weighted by atomic mass is 9.88. The van der Waals surface area contributed by atoms with Crippen LogP contribution >= 0.6 is 15.9 Å². The topological polar surface area (TPSA) is 51.7 Å². The van der Waals surface area contributed by atoms with E-state index in [-0.39, 0.29) is 11.6 Å². The Kier molecular flexibility index (Phi) is 4.46. The van der Waals surface area contributed by atoms with E-state index in [1.54, 1.807) is 17.3 Å². The summed E-state index contributed by atoms with van der Waals surface area (Å²) in [5.74, 6) is 0.676. The first-order valence-corrected chi connectivity index (χ1v) is 7.73. The van der Waals surface area contributed by atoms with Gasteiger partial charge in [0.05, 0.1) is 16.2 Å². The normalized spacial score (nSPS) is 21.7. The molecule has 6 heteroatoms. The van der Waals surface area contributed by atoms with Crippen molar-refractivity contribution in [1.82, 2.24) is 9.88 Å². The van der Waals surface area contributed by atoms with Crippen molar-refractivity contribution in [2.24, 2.45) is 0 Å². The fraction of sp³-hybridized carbons (Fsp3) is 0.600. The maximum absolute atomic E-state index is 12.2. The number of aromatic nitrogens is 1. The number of likely N-dealkylation sites (tertiary alicyclic amines) is 1. The van der Waals surface area contributed by atoms with Gasteiger partial charge in [-0.3, -0.25) is 9.88 Å². The Morgan fingerprint density at radius 1 is 1.52 bits per heavy atom. The molecule has 5 nitrogen and oxygen atoms in total. The first-order chi connectivity index (χ1) is 9.71. The monoisotopic (exact) mass is 356 g/mol. The van der Waals surface area contributed by atoms with E-state index in [2.05, 4.69) is 20.9 Å². The quantitative estimate of drug-likeness (QED) is 0.829. The minimum absolute atomic E-state index is 0.287. The largest absolute Gasteiger partial charge is 0.488 e.